The first-order valence-electron chi connectivity index (χ1n) is 6.83. The summed E-state index contributed by atoms with van der Waals surface area (Å²) in [5, 5.41) is 6.62. The Labute approximate surface area is 117 Å². The topological polar surface area (TPSA) is 81.1 Å². The number of aromatic nitrogens is 1. The largest absolute Gasteiger partial charge is 0.360 e. The van der Waals surface area contributed by atoms with E-state index >= 15 is 0 Å². The molecule has 0 saturated heterocycles. The molecule has 1 amide bonds. The lowest BCUT2D eigenvalue weighted by Crippen LogP contribution is -2.12. The summed E-state index contributed by atoms with van der Waals surface area (Å²) in [7, 11) is 0. The lowest BCUT2D eigenvalue weighted by Gasteiger charge is -2.04. The van der Waals surface area contributed by atoms with Crippen LogP contribution < -0.4 is 11.1 Å². The molecule has 3 N–H and O–H groups in total. The van der Waals surface area contributed by atoms with Crippen molar-refractivity contribution in [2.45, 2.75) is 25.2 Å². The summed E-state index contributed by atoms with van der Waals surface area (Å²) in [5.41, 5.74) is 7.73. The number of nitrogens with zero attached hydrogens (tertiary/aromatic N) is 1. The molecular formula is C15H17N3O2. The molecule has 5 nitrogen and oxygen atoms in total. The third kappa shape index (κ3) is 2.88. The van der Waals surface area contributed by atoms with Gasteiger partial charge in [0.15, 0.2) is 5.69 Å². The fourth-order valence-corrected chi connectivity index (χ4v) is 2.07. The monoisotopic (exact) mass is 271 g/mol. The maximum Gasteiger partial charge on any atom is 0.277 e. The molecule has 5 heteroatoms. The van der Waals surface area contributed by atoms with Gasteiger partial charge in [-0.1, -0.05) is 17.3 Å². The molecule has 0 bridgehead atoms. The van der Waals surface area contributed by atoms with E-state index in [0.29, 0.717) is 18.2 Å². The average Bonchev–Trinajstić information content (AvgIpc) is 3.19. The molecule has 2 aromatic rings. The van der Waals surface area contributed by atoms with Crippen molar-refractivity contribution in [3.8, 4) is 0 Å². The second kappa shape index (κ2) is 5.46. The normalized spacial score (nSPS) is 14.2. The quantitative estimate of drug-likeness (QED) is 0.874. The van der Waals surface area contributed by atoms with Crippen molar-refractivity contribution in [1.29, 1.82) is 0 Å². The summed E-state index contributed by atoms with van der Waals surface area (Å²) < 4.78 is 5.17. The molecule has 0 radical (unpaired) electrons. The standard InChI is InChI=1S/C15H17N3O2/c16-8-7-10-1-5-12(6-2-10)17-15(19)13-9-14(20-18-13)11-3-4-11/h1-2,5-6,9,11H,3-4,7-8,16H2,(H,17,19). The molecule has 1 saturated carbocycles. The van der Waals surface area contributed by atoms with Crippen LogP contribution in [-0.4, -0.2) is 17.6 Å². The molecule has 1 heterocycles. The average molecular weight is 271 g/mol. The molecule has 1 aromatic heterocycles. The molecule has 0 aliphatic heterocycles. The minimum absolute atomic E-state index is 0.243. The van der Waals surface area contributed by atoms with Crippen molar-refractivity contribution in [2.24, 2.45) is 5.73 Å². The fourth-order valence-electron chi connectivity index (χ4n) is 2.07. The molecule has 1 aliphatic rings. The van der Waals surface area contributed by atoms with E-state index in [1.54, 1.807) is 6.07 Å². The van der Waals surface area contributed by atoms with Crippen molar-refractivity contribution in [1.82, 2.24) is 5.16 Å². The van der Waals surface area contributed by atoms with E-state index in [1.165, 1.54) is 0 Å². The molecular weight excluding hydrogens is 254 g/mol. The number of carbonyl (C=O) groups excluding carboxylic acids is 1. The Hall–Kier alpha value is -2.14. The Kier molecular flexibility index (Phi) is 3.52. The van der Waals surface area contributed by atoms with Gasteiger partial charge in [0.1, 0.15) is 5.76 Å². The third-order valence-electron chi connectivity index (χ3n) is 3.39. The predicted molar refractivity (Wildman–Crippen MR) is 75.6 cm³/mol. The van der Waals surface area contributed by atoms with E-state index in [2.05, 4.69) is 10.5 Å². The maximum absolute atomic E-state index is 12.0. The summed E-state index contributed by atoms with van der Waals surface area (Å²) in [6.07, 6.45) is 3.08. The first-order valence-corrected chi connectivity index (χ1v) is 6.83. The van der Waals surface area contributed by atoms with Gasteiger partial charge in [0, 0.05) is 17.7 Å². The molecule has 0 spiro atoms. The number of nitrogens with one attached hydrogen (secondary N) is 1. The molecule has 1 fully saturated rings. The van der Waals surface area contributed by atoms with Gasteiger partial charge in [0.25, 0.3) is 5.91 Å². The number of amides is 1. The van der Waals surface area contributed by atoms with Crippen LogP contribution in [0, 0.1) is 0 Å². The SMILES string of the molecule is NCCc1ccc(NC(=O)c2cc(C3CC3)on2)cc1. The van der Waals surface area contributed by atoms with E-state index < -0.39 is 0 Å². The second-order valence-electron chi connectivity index (χ2n) is 5.08. The number of hydrogen-bond acceptors (Lipinski definition) is 4. The predicted octanol–water partition coefficient (Wildman–Crippen LogP) is 2.31. The smallest absolute Gasteiger partial charge is 0.277 e. The summed E-state index contributed by atoms with van der Waals surface area (Å²) in [6.45, 7) is 0.620. The fraction of sp³-hybridized carbons (Fsp3) is 0.333. The highest BCUT2D eigenvalue weighted by Crippen LogP contribution is 2.40. The zero-order valence-corrected chi connectivity index (χ0v) is 11.1. The van der Waals surface area contributed by atoms with Crippen molar-refractivity contribution in [2.75, 3.05) is 11.9 Å². The van der Waals surface area contributed by atoms with Crippen LogP contribution in [0.3, 0.4) is 0 Å². The highest BCUT2D eigenvalue weighted by atomic mass is 16.5. The van der Waals surface area contributed by atoms with Crippen LogP contribution >= 0.6 is 0 Å². The van der Waals surface area contributed by atoms with Gasteiger partial charge in [-0.15, -0.1) is 0 Å². The van der Waals surface area contributed by atoms with Gasteiger partial charge in [0.05, 0.1) is 0 Å². The minimum atomic E-state index is -0.243. The lowest BCUT2D eigenvalue weighted by atomic mass is 10.1. The van der Waals surface area contributed by atoms with Crippen LogP contribution in [0.15, 0.2) is 34.9 Å². The summed E-state index contributed by atoms with van der Waals surface area (Å²) >= 11 is 0. The van der Waals surface area contributed by atoms with Gasteiger partial charge < -0.3 is 15.6 Å². The van der Waals surface area contributed by atoms with Crippen LogP contribution in [0.25, 0.3) is 0 Å². The van der Waals surface area contributed by atoms with Crippen molar-refractivity contribution in [3.63, 3.8) is 0 Å². The van der Waals surface area contributed by atoms with Crippen molar-refractivity contribution < 1.29 is 9.32 Å². The third-order valence-corrected chi connectivity index (χ3v) is 3.39. The molecule has 104 valence electrons. The summed E-state index contributed by atoms with van der Waals surface area (Å²) in [4.78, 5) is 12.0. The number of anilines is 1. The highest BCUT2D eigenvalue weighted by Gasteiger charge is 2.28. The van der Waals surface area contributed by atoms with Crippen LogP contribution in [-0.2, 0) is 6.42 Å². The van der Waals surface area contributed by atoms with Crippen LogP contribution in [0.4, 0.5) is 5.69 Å². The molecule has 3 rings (SSSR count). The first kappa shape index (κ1) is 12.9. The Morgan fingerprint density at radius 2 is 2.10 bits per heavy atom. The van der Waals surface area contributed by atoms with Crippen molar-refractivity contribution in [3.05, 3.63) is 47.3 Å². The molecule has 1 aliphatic carbocycles. The Bertz CT molecular complexity index is 600. The highest BCUT2D eigenvalue weighted by molar-refractivity contribution is 6.02. The van der Waals surface area contributed by atoms with Gasteiger partial charge in [-0.05, 0) is 43.5 Å². The van der Waals surface area contributed by atoms with Crippen molar-refractivity contribution >= 4 is 11.6 Å². The number of nitrogens with two attached hydrogens (primary N) is 1. The van der Waals surface area contributed by atoms with Crippen LogP contribution in [0.2, 0.25) is 0 Å². The lowest BCUT2D eigenvalue weighted by molar-refractivity contribution is 0.101. The number of hydrogen-bond donors (Lipinski definition) is 2. The Morgan fingerprint density at radius 1 is 1.35 bits per heavy atom. The van der Waals surface area contributed by atoms with Gasteiger partial charge in [0.2, 0.25) is 0 Å². The van der Waals surface area contributed by atoms with Gasteiger partial charge in [-0.25, -0.2) is 0 Å². The number of rotatable bonds is 5. The Balaban J connectivity index is 1.64. The summed E-state index contributed by atoms with van der Waals surface area (Å²) in [5.74, 6) is 1.03. The Morgan fingerprint density at radius 3 is 2.75 bits per heavy atom. The summed E-state index contributed by atoms with van der Waals surface area (Å²) in [6, 6.07) is 9.38. The zero-order chi connectivity index (χ0) is 13.9. The van der Waals surface area contributed by atoms with E-state index in [0.717, 1.165) is 36.3 Å². The van der Waals surface area contributed by atoms with Crippen LogP contribution in [0.5, 0.6) is 0 Å². The maximum atomic E-state index is 12.0. The van der Waals surface area contributed by atoms with Gasteiger partial charge in [-0.2, -0.15) is 0 Å². The molecule has 20 heavy (non-hydrogen) atoms. The van der Waals surface area contributed by atoms with E-state index in [4.69, 9.17) is 10.3 Å². The van der Waals surface area contributed by atoms with Crippen LogP contribution in [0.1, 0.15) is 40.6 Å². The van der Waals surface area contributed by atoms with Gasteiger partial charge >= 0.3 is 0 Å². The zero-order valence-electron chi connectivity index (χ0n) is 11.1. The van der Waals surface area contributed by atoms with Gasteiger partial charge in [-0.3, -0.25) is 4.79 Å². The first-order chi connectivity index (χ1) is 9.76. The minimum Gasteiger partial charge on any atom is -0.360 e. The molecule has 0 unspecified atom stereocenters. The van der Waals surface area contributed by atoms with E-state index in [1.807, 2.05) is 24.3 Å². The number of benzene rings is 1. The molecule has 0 atom stereocenters. The number of carbonyl (C=O) groups is 1. The van der Waals surface area contributed by atoms with E-state index in [9.17, 15) is 4.79 Å². The van der Waals surface area contributed by atoms with E-state index in [-0.39, 0.29) is 5.91 Å². The second-order valence-corrected chi connectivity index (χ2v) is 5.08. The molecule has 1 aromatic carbocycles.